The van der Waals surface area contributed by atoms with E-state index in [-0.39, 0.29) is 0 Å². The number of nitriles is 1. The second-order valence-corrected chi connectivity index (χ2v) is 6.86. The summed E-state index contributed by atoms with van der Waals surface area (Å²) in [5.74, 6) is 1.24. The lowest BCUT2D eigenvalue weighted by molar-refractivity contribution is 0.193. The lowest BCUT2D eigenvalue weighted by Crippen LogP contribution is -2.25. The van der Waals surface area contributed by atoms with E-state index in [1.807, 2.05) is 23.7 Å². The first-order valence-corrected chi connectivity index (χ1v) is 8.96. The number of likely N-dealkylation sites (N-methyl/N-ethyl adjacent to an activating group) is 1. The molecule has 1 saturated heterocycles. The maximum atomic E-state index is 9.14. The van der Waals surface area contributed by atoms with E-state index in [0.717, 1.165) is 56.5 Å². The molecule has 26 heavy (non-hydrogen) atoms. The number of rotatable bonds is 7. The number of anilines is 1. The summed E-state index contributed by atoms with van der Waals surface area (Å²) in [4.78, 5) is 10.9. The minimum Gasteiger partial charge on any atom is -0.381 e. The standard InChI is InChI=1S/C19H26N6O/c1-14-16(8-17(10-20)25(14)3)11-24(2)6-5-21-19-9-18(22-13-23-19)15-4-7-26-12-15/h8-9,13,15H,4-7,11-12H2,1-3H3,(H,21,22,23)/t15-/m0/s1. The van der Waals surface area contributed by atoms with Crippen molar-refractivity contribution in [1.82, 2.24) is 19.4 Å². The van der Waals surface area contributed by atoms with Crippen LogP contribution in [0.1, 0.15) is 35.0 Å². The van der Waals surface area contributed by atoms with Crippen LogP contribution in [-0.4, -0.2) is 52.8 Å². The first kappa shape index (κ1) is 18.4. The van der Waals surface area contributed by atoms with Gasteiger partial charge in [0.2, 0.25) is 0 Å². The van der Waals surface area contributed by atoms with Crippen molar-refractivity contribution in [3.63, 3.8) is 0 Å². The van der Waals surface area contributed by atoms with Crippen molar-refractivity contribution in [3.8, 4) is 6.07 Å². The SMILES string of the molecule is Cc1c(CN(C)CCNc2cc([C@H]3CCOC3)ncn2)cc(C#N)n1C. The topological polar surface area (TPSA) is 79.0 Å². The van der Waals surface area contributed by atoms with Gasteiger partial charge in [0, 0.05) is 51.0 Å². The summed E-state index contributed by atoms with van der Waals surface area (Å²) in [5.41, 5.74) is 4.09. The van der Waals surface area contributed by atoms with Gasteiger partial charge in [-0.1, -0.05) is 0 Å². The zero-order valence-electron chi connectivity index (χ0n) is 15.7. The largest absolute Gasteiger partial charge is 0.381 e. The molecule has 0 bridgehead atoms. The highest BCUT2D eigenvalue weighted by Gasteiger charge is 2.19. The summed E-state index contributed by atoms with van der Waals surface area (Å²) in [5, 5.41) is 12.5. The second kappa shape index (κ2) is 8.30. The maximum absolute atomic E-state index is 9.14. The van der Waals surface area contributed by atoms with Gasteiger partial charge in [0.25, 0.3) is 0 Å². The van der Waals surface area contributed by atoms with Crippen LogP contribution < -0.4 is 5.32 Å². The first-order valence-electron chi connectivity index (χ1n) is 8.96. The smallest absolute Gasteiger partial charge is 0.129 e. The average molecular weight is 354 g/mol. The molecule has 0 amide bonds. The Hall–Kier alpha value is -2.43. The van der Waals surface area contributed by atoms with Crippen molar-refractivity contribution < 1.29 is 4.74 Å². The van der Waals surface area contributed by atoms with Crippen LogP contribution in [0.25, 0.3) is 0 Å². The van der Waals surface area contributed by atoms with Gasteiger partial charge in [-0.2, -0.15) is 5.26 Å². The van der Waals surface area contributed by atoms with Gasteiger partial charge in [-0.15, -0.1) is 0 Å². The molecule has 0 spiro atoms. The molecular weight excluding hydrogens is 328 g/mol. The molecule has 3 heterocycles. The number of aromatic nitrogens is 3. The van der Waals surface area contributed by atoms with Crippen LogP contribution in [0.5, 0.6) is 0 Å². The van der Waals surface area contributed by atoms with Crippen LogP contribution in [0.15, 0.2) is 18.5 Å². The molecule has 0 unspecified atom stereocenters. The van der Waals surface area contributed by atoms with E-state index in [1.165, 1.54) is 5.56 Å². The van der Waals surface area contributed by atoms with Gasteiger partial charge in [0.1, 0.15) is 23.9 Å². The molecule has 0 aliphatic carbocycles. The molecule has 1 atom stereocenters. The van der Waals surface area contributed by atoms with Gasteiger partial charge in [0.15, 0.2) is 0 Å². The Balaban J connectivity index is 1.50. The zero-order valence-corrected chi connectivity index (χ0v) is 15.7. The van der Waals surface area contributed by atoms with Crippen molar-refractivity contribution in [2.45, 2.75) is 25.8 Å². The predicted molar refractivity (Wildman–Crippen MR) is 99.9 cm³/mol. The molecule has 7 nitrogen and oxygen atoms in total. The van der Waals surface area contributed by atoms with Crippen LogP contribution in [0.3, 0.4) is 0 Å². The van der Waals surface area contributed by atoms with Crippen LogP contribution in [0.2, 0.25) is 0 Å². The van der Waals surface area contributed by atoms with Gasteiger partial charge in [0.05, 0.1) is 12.3 Å². The molecule has 0 radical (unpaired) electrons. The Morgan fingerprint density at radius 1 is 1.42 bits per heavy atom. The molecule has 0 saturated carbocycles. The molecule has 1 N–H and O–H groups in total. The summed E-state index contributed by atoms with van der Waals surface area (Å²) < 4.78 is 7.38. The summed E-state index contributed by atoms with van der Waals surface area (Å²) in [7, 11) is 4.02. The van der Waals surface area contributed by atoms with Gasteiger partial charge < -0.3 is 19.5 Å². The summed E-state index contributed by atoms with van der Waals surface area (Å²) in [6.07, 6.45) is 2.65. The summed E-state index contributed by atoms with van der Waals surface area (Å²) in [6, 6.07) is 6.23. The zero-order chi connectivity index (χ0) is 18.5. The molecule has 138 valence electrons. The van der Waals surface area contributed by atoms with Gasteiger partial charge >= 0.3 is 0 Å². The Kier molecular flexibility index (Phi) is 5.86. The minimum atomic E-state index is 0.386. The summed E-state index contributed by atoms with van der Waals surface area (Å²) >= 11 is 0. The fourth-order valence-corrected chi connectivity index (χ4v) is 3.23. The van der Waals surface area contributed by atoms with E-state index in [9.17, 15) is 0 Å². The van der Waals surface area contributed by atoms with Crippen LogP contribution in [0, 0.1) is 18.3 Å². The first-order chi connectivity index (χ1) is 12.6. The lowest BCUT2D eigenvalue weighted by atomic mass is 10.1. The van der Waals surface area contributed by atoms with Gasteiger partial charge in [-0.3, -0.25) is 0 Å². The van der Waals surface area contributed by atoms with Crippen molar-refractivity contribution in [2.75, 3.05) is 38.7 Å². The highest BCUT2D eigenvalue weighted by atomic mass is 16.5. The fraction of sp³-hybridized carbons (Fsp3) is 0.526. The number of nitrogens with one attached hydrogen (secondary N) is 1. The van der Waals surface area contributed by atoms with Crippen LogP contribution in [-0.2, 0) is 18.3 Å². The van der Waals surface area contributed by atoms with E-state index in [0.29, 0.717) is 11.6 Å². The molecule has 1 aliphatic rings. The molecule has 2 aromatic rings. The molecule has 3 rings (SSSR count). The highest BCUT2D eigenvalue weighted by Crippen LogP contribution is 2.24. The number of hydrogen-bond donors (Lipinski definition) is 1. The Bertz CT molecular complexity index is 788. The minimum absolute atomic E-state index is 0.386. The molecule has 7 heteroatoms. The van der Waals surface area contributed by atoms with Crippen LogP contribution in [0.4, 0.5) is 5.82 Å². The predicted octanol–water partition coefficient (Wildman–Crippen LogP) is 2.04. The van der Waals surface area contributed by atoms with Crippen molar-refractivity contribution >= 4 is 5.82 Å². The second-order valence-electron chi connectivity index (χ2n) is 6.86. The molecule has 0 aromatic carbocycles. The van der Waals surface area contributed by atoms with Crippen molar-refractivity contribution in [1.29, 1.82) is 5.26 Å². The highest BCUT2D eigenvalue weighted by molar-refractivity contribution is 5.36. The monoisotopic (exact) mass is 354 g/mol. The molecular formula is C19H26N6O. The lowest BCUT2D eigenvalue weighted by Gasteiger charge is -2.17. The Labute approximate surface area is 154 Å². The van der Waals surface area contributed by atoms with E-state index < -0.39 is 0 Å². The average Bonchev–Trinajstić information content (AvgIpc) is 3.26. The third-order valence-corrected chi connectivity index (χ3v) is 5.03. The third kappa shape index (κ3) is 4.21. The van der Waals surface area contributed by atoms with Crippen molar-refractivity contribution in [2.24, 2.45) is 7.05 Å². The number of hydrogen-bond acceptors (Lipinski definition) is 6. The molecule has 1 fully saturated rings. The fourth-order valence-electron chi connectivity index (χ4n) is 3.23. The quantitative estimate of drug-likeness (QED) is 0.820. The van der Waals surface area contributed by atoms with Crippen molar-refractivity contribution in [3.05, 3.63) is 41.1 Å². The van der Waals surface area contributed by atoms with E-state index in [2.05, 4.69) is 40.2 Å². The third-order valence-electron chi connectivity index (χ3n) is 5.03. The van der Waals surface area contributed by atoms with E-state index in [4.69, 9.17) is 10.00 Å². The normalized spacial score (nSPS) is 16.8. The number of nitrogens with zero attached hydrogens (tertiary/aromatic N) is 5. The molecule has 2 aromatic heterocycles. The van der Waals surface area contributed by atoms with Gasteiger partial charge in [-0.25, -0.2) is 9.97 Å². The maximum Gasteiger partial charge on any atom is 0.129 e. The summed E-state index contributed by atoms with van der Waals surface area (Å²) in [6.45, 7) is 6.11. The van der Waals surface area contributed by atoms with Gasteiger partial charge in [-0.05, 0) is 32.0 Å². The van der Waals surface area contributed by atoms with Crippen LogP contribution >= 0.6 is 0 Å². The molecule has 1 aliphatic heterocycles. The van der Waals surface area contributed by atoms with E-state index >= 15 is 0 Å². The number of ether oxygens (including phenoxy) is 1. The van der Waals surface area contributed by atoms with E-state index in [1.54, 1.807) is 6.33 Å². The Morgan fingerprint density at radius 3 is 2.96 bits per heavy atom. The Morgan fingerprint density at radius 2 is 2.27 bits per heavy atom.